The minimum absolute atomic E-state index is 0.746. The maximum absolute atomic E-state index is 5.89. The molecule has 1 aromatic rings. The van der Waals surface area contributed by atoms with Gasteiger partial charge in [0.15, 0.2) is 0 Å². The average Bonchev–Trinajstić information content (AvgIpc) is 2.84. The van der Waals surface area contributed by atoms with E-state index < -0.39 is 9.04 Å². The van der Waals surface area contributed by atoms with Crippen LogP contribution < -0.4 is 4.43 Å². The molecule has 0 N–H and O–H groups in total. The van der Waals surface area contributed by atoms with Crippen molar-refractivity contribution in [1.29, 1.82) is 0 Å². The van der Waals surface area contributed by atoms with Crippen LogP contribution in [0.1, 0.15) is 19.8 Å². The number of hydrogen-bond donors (Lipinski definition) is 0. The molecule has 2 rings (SSSR count). The van der Waals surface area contributed by atoms with E-state index in [0.717, 1.165) is 30.4 Å². The third kappa shape index (κ3) is 3.35. The second-order valence-electron chi connectivity index (χ2n) is 4.83. The minimum Gasteiger partial charge on any atom is -0.541 e. The largest absolute Gasteiger partial charge is 0.541 e. The van der Waals surface area contributed by atoms with E-state index in [1.54, 1.807) is 0 Å². The van der Waals surface area contributed by atoms with Crippen molar-refractivity contribution in [3.05, 3.63) is 24.3 Å². The molecule has 0 amide bonds. The highest BCUT2D eigenvalue weighted by atomic mass is 28.3. The number of benzene rings is 1. The molecule has 0 atom stereocenters. The molecule has 18 heavy (non-hydrogen) atoms. The molecule has 1 saturated heterocycles. The molecule has 1 radical (unpaired) electrons. The molecule has 3 nitrogen and oxygen atoms in total. The number of likely N-dealkylation sites (tertiary alicyclic amines) is 1. The van der Waals surface area contributed by atoms with Gasteiger partial charge < -0.3 is 9.33 Å². The zero-order valence-electron chi connectivity index (χ0n) is 11.4. The van der Waals surface area contributed by atoms with Crippen LogP contribution in [0.15, 0.2) is 29.3 Å². The summed E-state index contributed by atoms with van der Waals surface area (Å²) >= 11 is 0. The van der Waals surface area contributed by atoms with Crippen LogP contribution in [0.25, 0.3) is 0 Å². The Bertz CT molecular complexity index is 426. The van der Waals surface area contributed by atoms with E-state index in [4.69, 9.17) is 9.42 Å². The van der Waals surface area contributed by atoms with Crippen LogP contribution in [0, 0.1) is 0 Å². The summed E-state index contributed by atoms with van der Waals surface area (Å²) in [5.41, 5.74) is 0.952. The molecular weight excluding hydrogens is 240 g/mol. The van der Waals surface area contributed by atoms with Crippen molar-refractivity contribution in [2.45, 2.75) is 32.9 Å². The van der Waals surface area contributed by atoms with Crippen molar-refractivity contribution in [2.24, 2.45) is 4.99 Å². The van der Waals surface area contributed by atoms with Crippen molar-refractivity contribution in [1.82, 2.24) is 4.90 Å². The SMILES string of the molecule is CC(=Nc1ccccc1O[Si](C)C)N1CCCC1. The number of rotatable bonds is 3. The van der Waals surface area contributed by atoms with Crippen LogP contribution in [0.3, 0.4) is 0 Å². The minimum atomic E-state index is -0.746. The first-order chi connectivity index (χ1) is 8.66. The van der Waals surface area contributed by atoms with E-state index in [0.29, 0.717) is 0 Å². The van der Waals surface area contributed by atoms with E-state index in [1.807, 2.05) is 24.3 Å². The van der Waals surface area contributed by atoms with Crippen LogP contribution >= 0.6 is 0 Å². The van der Waals surface area contributed by atoms with Crippen molar-refractivity contribution in [2.75, 3.05) is 13.1 Å². The molecule has 0 saturated carbocycles. The Labute approximate surface area is 111 Å². The zero-order chi connectivity index (χ0) is 13.0. The van der Waals surface area contributed by atoms with Gasteiger partial charge in [0, 0.05) is 13.1 Å². The lowest BCUT2D eigenvalue weighted by molar-refractivity contribution is 0.516. The van der Waals surface area contributed by atoms with Crippen LogP contribution in [-0.2, 0) is 0 Å². The molecule has 0 bridgehead atoms. The Morgan fingerprint density at radius 1 is 1.22 bits per heavy atom. The monoisotopic (exact) mass is 261 g/mol. The van der Waals surface area contributed by atoms with Gasteiger partial charge in [-0.1, -0.05) is 12.1 Å². The number of amidine groups is 1. The molecule has 1 aliphatic heterocycles. The maximum atomic E-state index is 5.89. The maximum Gasteiger partial charge on any atom is 0.274 e. The van der Waals surface area contributed by atoms with Crippen molar-refractivity contribution >= 4 is 20.6 Å². The van der Waals surface area contributed by atoms with Gasteiger partial charge in [0.05, 0.1) is 0 Å². The van der Waals surface area contributed by atoms with Gasteiger partial charge in [0.25, 0.3) is 9.04 Å². The normalized spacial score (nSPS) is 16.4. The predicted octanol–water partition coefficient (Wildman–Crippen LogP) is 3.46. The molecule has 0 unspecified atom stereocenters. The van der Waals surface area contributed by atoms with Crippen LogP contribution in [0.2, 0.25) is 13.1 Å². The van der Waals surface area contributed by atoms with Gasteiger partial charge >= 0.3 is 0 Å². The van der Waals surface area contributed by atoms with Crippen molar-refractivity contribution in [3.8, 4) is 5.75 Å². The smallest absolute Gasteiger partial charge is 0.274 e. The van der Waals surface area contributed by atoms with E-state index in [1.165, 1.54) is 12.8 Å². The number of para-hydroxylation sites is 2. The summed E-state index contributed by atoms with van der Waals surface area (Å²) in [6, 6.07) is 8.05. The molecule has 0 aromatic heterocycles. The Kier molecular flexibility index (Phi) is 4.41. The molecule has 1 aliphatic rings. The first-order valence-corrected chi connectivity index (χ1v) is 8.95. The summed E-state index contributed by atoms with van der Waals surface area (Å²) in [7, 11) is -0.746. The molecule has 1 heterocycles. The Morgan fingerprint density at radius 2 is 1.89 bits per heavy atom. The van der Waals surface area contributed by atoms with E-state index >= 15 is 0 Å². The Hall–Kier alpha value is -1.29. The highest BCUT2D eigenvalue weighted by molar-refractivity contribution is 6.49. The van der Waals surface area contributed by atoms with Gasteiger partial charge in [0.2, 0.25) is 0 Å². The molecule has 0 aliphatic carbocycles. The van der Waals surface area contributed by atoms with E-state index in [9.17, 15) is 0 Å². The van der Waals surface area contributed by atoms with Gasteiger partial charge in [-0.15, -0.1) is 0 Å². The van der Waals surface area contributed by atoms with Gasteiger partial charge in [0.1, 0.15) is 17.3 Å². The molecule has 97 valence electrons. The Morgan fingerprint density at radius 3 is 2.56 bits per heavy atom. The second kappa shape index (κ2) is 6.04. The van der Waals surface area contributed by atoms with Gasteiger partial charge in [-0.3, -0.25) is 0 Å². The summed E-state index contributed by atoms with van der Waals surface area (Å²) in [5, 5.41) is 0. The lowest BCUT2D eigenvalue weighted by Gasteiger charge is -2.17. The fourth-order valence-electron chi connectivity index (χ4n) is 2.14. The third-order valence-electron chi connectivity index (χ3n) is 3.03. The molecule has 1 aromatic carbocycles. The van der Waals surface area contributed by atoms with E-state index in [-0.39, 0.29) is 0 Å². The molecular formula is C14H21N2OSi. The highest BCUT2D eigenvalue weighted by Gasteiger charge is 2.13. The topological polar surface area (TPSA) is 24.8 Å². The molecule has 1 fully saturated rings. The Balaban J connectivity index is 2.19. The van der Waals surface area contributed by atoms with Crippen molar-refractivity contribution in [3.63, 3.8) is 0 Å². The number of aliphatic imine (C=N–C) groups is 1. The fraction of sp³-hybridized carbons (Fsp3) is 0.500. The standard InChI is InChI=1S/C14H21N2OSi/c1-12(16-10-6-7-11-16)15-13-8-4-5-9-14(13)17-18(2)3/h4-5,8-9H,6-7,10-11H2,1-3H3. The first kappa shape index (κ1) is 13.1. The lowest BCUT2D eigenvalue weighted by atomic mass is 10.3. The van der Waals surface area contributed by atoms with Gasteiger partial charge in [-0.2, -0.15) is 0 Å². The van der Waals surface area contributed by atoms with Crippen LogP contribution in [0.4, 0.5) is 5.69 Å². The van der Waals surface area contributed by atoms with Crippen molar-refractivity contribution < 1.29 is 4.43 Å². The fourth-order valence-corrected chi connectivity index (χ4v) is 2.75. The van der Waals surface area contributed by atoms with E-state index in [2.05, 4.69) is 24.9 Å². The lowest BCUT2D eigenvalue weighted by Crippen LogP contribution is -2.24. The summed E-state index contributed by atoms with van der Waals surface area (Å²) in [6.45, 7) is 8.63. The van der Waals surface area contributed by atoms with Crippen LogP contribution in [0.5, 0.6) is 5.75 Å². The number of nitrogens with zero attached hydrogens (tertiary/aromatic N) is 2. The van der Waals surface area contributed by atoms with Gasteiger partial charge in [-0.05, 0) is 45.0 Å². The zero-order valence-corrected chi connectivity index (χ0v) is 12.4. The predicted molar refractivity (Wildman–Crippen MR) is 78.1 cm³/mol. The quantitative estimate of drug-likeness (QED) is 0.473. The summed E-state index contributed by atoms with van der Waals surface area (Å²) in [6.07, 6.45) is 2.56. The molecule has 4 heteroatoms. The summed E-state index contributed by atoms with van der Waals surface area (Å²) in [4.78, 5) is 7.08. The second-order valence-corrected chi connectivity index (χ2v) is 6.85. The summed E-state index contributed by atoms with van der Waals surface area (Å²) < 4.78 is 5.89. The average molecular weight is 261 g/mol. The third-order valence-corrected chi connectivity index (χ3v) is 3.65. The van der Waals surface area contributed by atoms with Gasteiger partial charge in [-0.25, -0.2) is 4.99 Å². The summed E-state index contributed by atoms with van der Waals surface area (Å²) in [5.74, 6) is 2.01. The number of hydrogen-bond acceptors (Lipinski definition) is 2. The highest BCUT2D eigenvalue weighted by Crippen LogP contribution is 2.28. The molecule has 0 spiro atoms. The van der Waals surface area contributed by atoms with Crippen LogP contribution in [-0.4, -0.2) is 32.9 Å². The first-order valence-electron chi connectivity index (χ1n) is 6.54.